The Morgan fingerprint density at radius 1 is 0.653 bits per heavy atom. The zero-order valence-electron chi connectivity index (χ0n) is 32.1. The SMILES string of the molecule is CC(C)C1=CC2=CCC3C(C)(C(=O)OCCOCCOC(=O)C4(C)CCCC5(C)C6CCC(C(C)C)=CC6=CCC45)CCCC3(C)C2CC1. The molecule has 0 N–H and O–H groups in total. The molecule has 0 radical (unpaired) electrons. The summed E-state index contributed by atoms with van der Waals surface area (Å²) >= 11 is 0. The third-order valence-electron chi connectivity index (χ3n) is 15.0. The van der Waals surface area contributed by atoms with E-state index in [0.717, 1.165) is 38.5 Å². The summed E-state index contributed by atoms with van der Waals surface area (Å²) in [6.45, 7) is 19.5. The summed E-state index contributed by atoms with van der Waals surface area (Å²) in [6, 6.07) is 0. The Balaban J connectivity index is 0.973. The Kier molecular flexibility index (Phi) is 10.6. The molecule has 0 aromatic carbocycles. The van der Waals surface area contributed by atoms with Crippen molar-refractivity contribution in [1.29, 1.82) is 0 Å². The van der Waals surface area contributed by atoms with Crippen molar-refractivity contribution < 1.29 is 23.8 Å². The molecule has 272 valence electrons. The average molecular weight is 675 g/mol. The largest absolute Gasteiger partial charge is 0.463 e. The summed E-state index contributed by atoms with van der Waals surface area (Å²) in [4.78, 5) is 27.4. The number of allylic oxidation sites excluding steroid dienone is 8. The normalized spacial score (nSPS) is 38.6. The van der Waals surface area contributed by atoms with Crippen LogP contribution < -0.4 is 0 Å². The van der Waals surface area contributed by atoms with Crippen LogP contribution in [-0.4, -0.2) is 38.4 Å². The third-order valence-corrected chi connectivity index (χ3v) is 15.0. The van der Waals surface area contributed by atoms with Gasteiger partial charge in [0, 0.05) is 0 Å². The summed E-state index contributed by atoms with van der Waals surface area (Å²) < 4.78 is 17.7. The summed E-state index contributed by atoms with van der Waals surface area (Å²) in [6.07, 6.45) is 22.7. The van der Waals surface area contributed by atoms with E-state index >= 15 is 0 Å². The van der Waals surface area contributed by atoms with Crippen LogP contribution in [0.2, 0.25) is 0 Å². The average Bonchev–Trinajstić information content (AvgIpc) is 3.06. The Hall–Kier alpha value is -2.14. The Bertz CT molecular complexity index is 1290. The predicted octanol–water partition coefficient (Wildman–Crippen LogP) is 10.4. The van der Waals surface area contributed by atoms with E-state index in [1.165, 1.54) is 49.7 Å². The second-order valence-electron chi connectivity index (χ2n) is 18.4. The number of ether oxygens (including phenoxy) is 3. The molecule has 5 nitrogen and oxygen atoms in total. The van der Waals surface area contributed by atoms with E-state index in [9.17, 15) is 9.59 Å². The van der Waals surface area contributed by atoms with E-state index < -0.39 is 10.8 Å². The highest BCUT2D eigenvalue weighted by Gasteiger charge is 2.59. The molecule has 0 heterocycles. The lowest BCUT2D eigenvalue weighted by Crippen LogP contribution is -2.53. The fraction of sp³-hybridized carbons (Fsp3) is 0.773. The molecule has 0 aromatic rings. The molecule has 8 atom stereocenters. The Morgan fingerprint density at radius 3 is 1.45 bits per heavy atom. The number of carbonyl (C=O) groups excluding carboxylic acids is 2. The quantitative estimate of drug-likeness (QED) is 0.170. The molecule has 2 fully saturated rings. The first kappa shape index (κ1) is 36.6. The van der Waals surface area contributed by atoms with Crippen molar-refractivity contribution in [3.8, 4) is 0 Å². The molecule has 2 saturated carbocycles. The first-order valence-corrected chi connectivity index (χ1v) is 20.0. The number of rotatable bonds is 10. The fourth-order valence-corrected chi connectivity index (χ4v) is 12.0. The van der Waals surface area contributed by atoms with Crippen LogP contribution in [0.1, 0.15) is 132 Å². The van der Waals surface area contributed by atoms with Crippen LogP contribution in [0.25, 0.3) is 0 Å². The van der Waals surface area contributed by atoms with Gasteiger partial charge in [-0.25, -0.2) is 0 Å². The van der Waals surface area contributed by atoms with E-state index in [-0.39, 0.29) is 36.0 Å². The summed E-state index contributed by atoms with van der Waals surface area (Å²) in [7, 11) is 0. The lowest BCUT2D eigenvalue weighted by Gasteiger charge is -2.57. The van der Waals surface area contributed by atoms with Gasteiger partial charge in [-0.05, 0) is 136 Å². The zero-order valence-corrected chi connectivity index (χ0v) is 32.1. The molecule has 0 aliphatic heterocycles. The molecule has 49 heavy (non-hydrogen) atoms. The van der Waals surface area contributed by atoms with Crippen LogP contribution >= 0.6 is 0 Å². The summed E-state index contributed by atoms with van der Waals surface area (Å²) in [5.74, 6) is 2.71. The first-order valence-electron chi connectivity index (χ1n) is 20.0. The molecule has 0 spiro atoms. The second kappa shape index (κ2) is 14.1. The molecule has 0 bridgehead atoms. The molecular formula is C44H66O5. The van der Waals surface area contributed by atoms with Gasteiger partial charge in [0.05, 0.1) is 24.0 Å². The third kappa shape index (κ3) is 6.57. The summed E-state index contributed by atoms with van der Waals surface area (Å²) in [5.41, 5.74) is 5.47. The number of hydrogen-bond acceptors (Lipinski definition) is 5. The van der Waals surface area contributed by atoms with Gasteiger partial charge in [0.25, 0.3) is 0 Å². The standard InChI is InChI=1S/C44H66O5/c1-29(2)31-11-15-35-33(27-31)13-17-37-41(35,5)19-9-21-43(37,7)39(45)48-25-23-47-24-26-49-40(46)44(8)22-10-20-42(6)36-16-12-32(30(3)4)28-34(36)14-18-38(42)44/h13-14,27-30,35-38H,9-12,15-26H2,1-8H3. The lowest BCUT2D eigenvalue weighted by molar-refractivity contribution is -0.172. The van der Waals surface area contributed by atoms with E-state index in [1.54, 1.807) is 11.1 Å². The van der Waals surface area contributed by atoms with Gasteiger partial charge in [0.15, 0.2) is 0 Å². The van der Waals surface area contributed by atoms with Gasteiger partial charge in [-0.1, -0.05) is 89.8 Å². The van der Waals surface area contributed by atoms with Crippen molar-refractivity contribution in [1.82, 2.24) is 0 Å². The number of esters is 2. The van der Waals surface area contributed by atoms with Crippen molar-refractivity contribution in [3.05, 3.63) is 46.6 Å². The van der Waals surface area contributed by atoms with Gasteiger partial charge in [-0.15, -0.1) is 0 Å². The number of hydrogen-bond donors (Lipinski definition) is 0. The zero-order chi connectivity index (χ0) is 35.2. The molecule has 5 heteroatoms. The van der Waals surface area contributed by atoms with Crippen molar-refractivity contribution in [2.24, 2.45) is 57.2 Å². The van der Waals surface area contributed by atoms with Crippen LogP contribution in [0.4, 0.5) is 0 Å². The van der Waals surface area contributed by atoms with E-state index in [4.69, 9.17) is 14.2 Å². The minimum absolute atomic E-state index is 0.0728. The van der Waals surface area contributed by atoms with Crippen LogP contribution in [0.15, 0.2) is 46.6 Å². The van der Waals surface area contributed by atoms with Crippen molar-refractivity contribution in [3.63, 3.8) is 0 Å². The smallest absolute Gasteiger partial charge is 0.312 e. The topological polar surface area (TPSA) is 61.8 Å². The van der Waals surface area contributed by atoms with Crippen LogP contribution in [0.5, 0.6) is 0 Å². The summed E-state index contributed by atoms with van der Waals surface area (Å²) in [5, 5.41) is 0. The van der Waals surface area contributed by atoms with Gasteiger partial charge >= 0.3 is 11.9 Å². The highest BCUT2D eigenvalue weighted by Crippen LogP contribution is 2.64. The minimum atomic E-state index is -0.476. The van der Waals surface area contributed by atoms with E-state index in [0.29, 0.717) is 48.7 Å². The van der Waals surface area contributed by atoms with Gasteiger partial charge in [0.1, 0.15) is 13.2 Å². The van der Waals surface area contributed by atoms with Crippen LogP contribution in [0, 0.1) is 57.2 Å². The number of carbonyl (C=O) groups is 2. The van der Waals surface area contributed by atoms with Crippen LogP contribution in [0.3, 0.4) is 0 Å². The maximum Gasteiger partial charge on any atom is 0.312 e. The van der Waals surface area contributed by atoms with Gasteiger partial charge in [-0.3, -0.25) is 9.59 Å². The van der Waals surface area contributed by atoms with E-state index in [2.05, 4.69) is 79.7 Å². The van der Waals surface area contributed by atoms with E-state index in [1.807, 2.05) is 0 Å². The monoisotopic (exact) mass is 674 g/mol. The maximum atomic E-state index is 13.7. The highest BCUT2D eigenvalue weighted by molar-refractivity contribution is 5.78. The predicted molar refractivity (Wildman–Crippen MR) is 197 cm³/mol. The minimum Gasteiger partial charge on any atom is -0.463 e. The first-order chi connectivity index (χ1) is 23.2. The molecule has 0 amide bonds. The van der Waals surface area contributed by atoms with Gasteiger partial charge < -0.3 is 14.2 Å². The number of fused-ring (bicyclic) bond motifs is 6. The molecule has 0 saturated heterocycles. The lowest BCUT2D eigenvalue weighted by atomic mass is 9.47. The van der Waals surface area contributed by atoms with Crippen molar-refractivity contribution in [2.45, 2.75) is 132 Å². The Labute approximate surface area is 297 Å². The molecule has 0 aromatic heterocycles. The molecule has 6 aliphatic rings. The Morgan fingerprint density at radius 2 is 1.06 bits per heavy atom. The van der Waals surface area contributed by atoms with Crippen LogP contribution in [-0.2, 0) is 23.8 Å². The van der Waals surface area contributed by atoms with Gasteiger partial charge in [-0.2, -0.15) is 0 Å². The second-order valence-corrected chi connectivity index (χ2v) is 18.4. The molecule has 6 rings (SSSR count). The molecule has 8 unspecified atom stereocenters. The van der Waals surface area contributed by atoms with Crippen molar-refractivity contribution >= 4 is 11.9 Å². The van der Waals surface area contributed by atoms with Crippen molar-refractivity contribution in [2.75, 3.05) is 26.4 Å². The fourth-order valence-electron chi connectivity index (χ4n) is 12.0. The maximum absolute atomic E-state index is 13.7. The molecule has 6 aliphatic carbocycles. The highest BCUT2D eigenvalue weighted by atomic mass is 16.6. The molecular weight excluding hydrogens is 608 g/mol. The van der Waals surface area contributed by atoms with Gasteiger partial charge in [0.2, 0.25) is 0 Å².